The van der Waals surface area contributed by atoms with Crippen LogP contribution in [-0.2, 0) is 35.0 Å². The summed E-state index contributed by atoms with van der Waals surface area (Å²) in [6, 6.07) is 6.34. The van der Waals surface area contributed by atoms with Gasteiger partial charge in [0, 0.05) is 37.9 Å². The summed E-state index contributed by atoms with van der Waals surface area (Å²) in [5.74, 6) is 0.803. The molecular formula is C36H56N2O8. The average Bonchev–Trinajstić information content (AvgIpc) is 3.28. The Hall–Kier alpha value is -2.85. The van der Waals surface area contributed by atoms with Crippen molar-refractivity contribution in [3.8, 4) is 11.5 Å². The highest BCUT2D eigenvalue weighted by Crippen LogP contribution is 2.68. The van der Waals surface area contributed by atoms with E-state index in [9.17, 15) is 14.4 Å². The topological polar surface area (TPSA) is 113 Å². The zero-order valence-corrected chi connectivity index (χ0v) is 28.9. The molecule has 1 N–H and O–H groups in total. The van der Waals surface area contributed by atoms with Crippen molar-refractivity contribution in [1.29, 1.82) is 0 Å². The van der Waals surface area contributed by atoms with Crippen LogP contribution in [0.15, 0.2) is 18.2 Å². The molecular weight excluding hydrogens is 588 g/mol. The maximum Gasteiger partial charge on any atom is 0.307 e. The monoisotopic (exact) mass is 644 g/mol. The standard InChI is InChI=1S/C36H56N2O8/c1-35(2)33(36(35,3)4)34(41)37-24-45-31(39)14-8-7-9-15-32(40)46-26-18-20-38(23-26)27-12-10-11-13-28(27)44-21-19-25-16-17-29(42-5)30(22-25)43-6/h16-17,22,26-28,33H,7-15,18-21,23-24H2,1-6H3,(H,37,41)/t26-,27-,28-/m1/s1. The van der Waals surface area contributed by atoms with Gasteiger partial charge in [0.25, 0.3) is 0 Å². The third kappa shape index (κ3) is 9.15. The molecule has 1 aromatic rings. The van der Waals surface area contributed by atoms with Crippen LogP contribution < -0.4 is 14.8 Å². The number of amides is 1. The molecule has 0 radical (unpaired) electrons. The third-order valence-corrected chi connectivity index (χ3v) is 10.8. The Labute approximate surface area is 275 Å². The van der Waals surface area contributed by atoms with Crippen molar-refractivity contribution in [1.82, 2.24) is 10.2 Å². The molecule has 3 atom stereocenters. The van der Waals surface area contributed by atoms with Crippen LogP contribution >= 0.6 is 0 Å². The van der Waals surface area contributed by atoms with E-state index in [4.69, 9.17) is 23.7 Å². The van der Waals surface area contributed by atoms with Crippen LogP contribution in [0.1, 0.15) is 97.5 Å². The quantitative estimate of drug-likeness (QED) is 0.135. The van der Waals surface area contributed by atoms with Gasteiger partial charge < -0.3 is 29.0 Å². The van der Waals surface area contributed by atoms with Gasteiger partial charge >= 0.3 is 11.9 Å². The molecule has 46 heavy (non-hydrogen) atoms. The van der Waals surface area contributed by atoms with Gasteiger partial charge in [0.05, 0.1) is 26.9 Å². The molecule has 258 valence electrons. The van der Waals surface area contributed by atoms with Gasteiger partial charge in [-0.3, -0.25) is 19.3 Å². The van der Waals surface area contributed by atoms with E-state index in [0.717, 1.165) is 62.3 Å². The normalized spacial score (nSPS) is 23.8. The Kier molecular flexibility index (Phi) is 12.8. The Morgan fingerprint density at radius 1 is 0.891 bits per heavy atom. The first-order valence-electron chi connectivity index (χ1n) is 17.2. The first-order chi connectivity index (χ1) is 22.0. The summed E-state index contributed by atoms with van der Waals surface area (Å²) in [6.07, 6.45) is 8.94. The minimum absolute atomic E-state index is 0.0535. The van der Waals surface area contributed by atoms with Gasteiger partial charge in [-0.1, -0.05) is 53.0 Å². The Morgan fingerprint density at radius 2 is 1.59 bits per heavy atom. The predicted molar refractivity (Wildman–Crippen MR) is 175 cm³/mol. The van der Waals surface area contributed by atoms with Crippen LogP contribution in [0.4, 0.5) is 0 Å². The van der Waals surface area contributed by atoms with Crippen molar-refractivity contribution in [2.24, 2.45) is 16.7 Å². The number of hydrogen-bond donors (Lipinski definition) is 1. The Balaban J connectivity index is 1.07. The molecule has 1 aliphatic heterocycles. The fourth-order valence-electron chi connectivity index (χ4n) is 7.38. The minimum Gasteiger partial charge on any atom is -0.493 e. The zero-order chi connectivity index (χ0) is 33.3. The third-order valence-electron chi connectivity index (χ3n) is 10.8. The van der Waals surface area contributed by atoms with Crippen LogP contribution in [-0.4, -0.2) is 81.6 Å². The molecule has 1 amide bonds. The molecule has 10 heteroatoms. The molecule has 3 aliphatic rings. The number of hydrogen-bond acceptors (Lipinski definition) is 9. The van der Waals surface area contributed by atoms with Crippen LogP contribution in [0.2, 0.25) is 0 Å². The van der Waals surface area contributed by atoms with Crippen LogP contribution in [0, 0.1) is 16.7 Å². The summed E-state index contributed by atoms with van der Waals surface area (Å²) in [4.78, 5) is 39.4. The van der Waals surface area contributed by atoms with E-state index < -0.39 is 0 Å². The SMILES string of the molecule is COc1ccc(CCO[C@@H]2CCCC[C@H]2N2CC[C@@H](OC(=O)CCCCCC(=O)OCNC(=O)C3C(C)(C)C3(C)C)C2)cc1OC. The van der Waals surface area contributed by atoms with Crippen molar-refractivity contribution in [2.45, 2.75) is 117 Å². The summed E-state index contributed by atoms with van der Waals surface area (Å²) >= 11 is 0. The average molecular weight is 645 g/mol. The molecule has 0 bridgehead atoms. The van der Waals surface area contributed by atoms with Crippen LogP contribution in [0.5, 0.6) is 11.5 Å². The van der Waals surface area contributed by atoms with Gasteiger partial charge in [-0.2, -0.15) is 0 Å². The number of likely N-dealkylation sites (tertiary alicyclic amines) is 1. The number of ether oxygens (including phenoxy) is 5. The highest BCUT2D eigenvalue weighted by atomic mass is 16.5. The molecule has 2 saturated carbocycles. The zero-order valence-electron chi connectivity index (χ0n) is 28.9. The van der Waals surface area contributed by atoms with Gasteiger partial charge in [-0.25, -0.2) is 0 Å². The number of nitrogens with zero attached hydrogens (tertiary/aromatic N) is 1. The fraction of sp³-hybridized carbons (Fsp3) is 0.750. The van der Waals surface area contributed by atoms with Gasteiger partial charge in [0.1, 0.15) is 6.10 Å². The predicted octanol–water partition coefficient (Wildman–Crippen LogP) is 5.44. The van der Waals surface area contributed by atoms with Crippen molar-refractivity contribution >= 4 is 17.8 Å². The highest BCUT2D eigenvalue weighted by molar-refractivity contribution is 5.84. The van der Waals surface area contributed by atoms with Crippen molar-refractivity contribution < 1.29 is 38.1 Å². The molecule has 1 aromatic carbocycles. The molecule has 0 spiro atoms. The number of esters is 2. The van der Waals surface area contributed by atoms with E-state index in [1.54, 1.807) is 14.2 Å². The number of nitrogens with one attached hydrogen (secondary N) is 1. The van der Waals surface area contributed by atoms with Crippen molar-refractivity contribution in [3.05, 3.63) is 23.8 Å². The lowest BCUT2D eigenvalue weighted by atomic mass is 9.91. The molecule has 3 fully saturated rings. The van der Waals surface area contributed by atoms with Crippen molar-refractivity contribution in [3.63, 3.8) is 0 Å². The fourth-order valence-corrected chi connectivity index (χ4v) is 7.38. The van der Waals surface area contributed by atoms with Crippen molar-refractivity contribution in [2.75, 3.05) is 40.6 Å². The first kappa shape index (κ1) is 36.0. The van der Waals surface area contributed by atoms with E-state index in [-0.39, 0.29) is 60.0 Å². The molecule has 1 heterocycles. The molecule has 0 unspecified atom stereocenters. The van der Waals surface area contributed by atoms with Gasteiger partial charge in [0.2, 0.25) is 5.91 Å². The van der Waals surface area contributed by atoms with Crippen LogP contribution in [0.25, 0.3) is 0 Å². The van der Waals surface area contributed by atoms with Gasteiger partial charge in [0.15, 0.2) is 18.2 Å². The molecule has 10 nitrogen and oxygen atoms in total. The van der Waals surface area contributed by atoms with E-state index in [2.05, 4.69) is 44.0 Å². The number of carbonyl (C=O) groups excluding carboxylic acids is 3. The molecule has 0 aromatic heterocycles. The maximum absolute atomic E-state index is 12.5. The van der Waals surface area contributed by atoms with E-state index in [1.807, 2.05) is 12.1 Å². The lowest BCUT2D eigenvalue weighted by Crippen LogP contribution is -2.46. The minimum atomic E-state index is -0.339. The lowest BCUT2D eigenvalue weighted by molar-refractivity contribution is -0.149. The largest absolute Gasteiger partial charge is 0.493 e. The summed E-state index contributed by atoms with van der Waals surface area (Å²) < 4.78 is 28.2. The van der Waals surface area contributed by atoms with E-state index in [1.165, 1.54) is 12.8 Å². The summed E-state index contributed by atoms with van der Waals surface area (Å²) in [5.41, 5.74) is 1.05. The maximum atomic E-state index is 12.5. The summed E-state index contributed by atoms with van der Waals surface area (Å²) in [6.45, 7) is 10.5. The van der Waals surface area contributed by atoms with Crippen LogP contribution in [0.3, 0.4) is 0 Å². The number of carbonyl (C=O) groups is 3. The highest BCUT2D eigenvalue weighted by Gasteiger charge is 2.68. The molecule has 4 rings (SSSR count). The first-order valence-corrected chi connectivity index (χ1v) is 17.2. The number of unbranched alkanes of at least 4 members (excludes halogenated alkanes) is 2. The Morgan fingerprint density at radius 3 is 2.28 bits per heavy atom. The van der Waals surface area contributed by atoms with E-state index in [0.29, 0.717) is 31.9 Å². The van der Waals surface area contributed by atoms with E-state index >= 15 is 0 Å². The smallest absolute Gasteiger partial charge is 0.307 e. The Bertz CT molecular complexity index is 1170. The molecule has 2 aliphatic carbocycles. The lowest BCUT2D eigenvalue weighted by Gasteiger charge is -2.37. The second-order valence-electron chi connectivity index (χ2n) is 14.2. The number of benzene rings is 1. The molecule has 1 saturated heterocycles. The number of rotatable bonds is 17. The number of methoxy groups -OCH3 is 2. The van der Waals surface area contributed by atoms with Gasteiger partial charge in [-0.05, 0) is 67.1 Å². The summed E-state index contributed by atoms with van der Waals surface area (Å²) in [5, 5.41) is 2.72. The second-order valence-corrected chi connectivity index (χ2v) is 14.2. The second kappa shape index (κ2) is 16.3. The summed E-state index contributed by atoms with van der Waals surface area (Å²) in [7, 11) is 3.29. The van der Waals surface area contributed by atoms with Gasteiger partial charge in [-0.15, -0.1) is 0 Å².